The lowest BCUT2D eigenvalue weighted by molar-refractivity contribution is 0.104. The third kappa shape index (κ3) is 4.00. The standard InChI is InChI=1S/C15H23NO2/c1-16-9-3-8-15(12-16)18-14-7-2-5-13(11-14)6-4-10-17/h2,5,7,11,15,17H,3-4,6,8-10,12H2,1H3. The van der Waals surface area contributed by atoms with E-state index >= 15 is 0 Å². The van der Waals surface area contributed by atoms with Crippen molar-refractivity contribution in [2.24, 2.45) is 0 Å². The molecule has 1 atom stereocenters. The van der Waals surface area contributed by atoms with Crippen molar-refractivity contribution in [2.75, 3.05) is 26.7 Å². The Kier molecular flexibility index (Phi) is 5.02. The Bertz CT molecular complexity index is 367. The van der Waals surface area contributed by atoms with Crippen molar-refractivity contribution in [3.05, 3.63) is 29.8 Å². The van der Waals surface area contributed by atoms with Gasteiger partial charge in [0.05, 0.1) is 0 Å². The quantitative estimate of drug-likeness (QED) is 0.867. The summed E-state index contributed by atoms with van der Waals surface area (Å²) < 4.78 is 6.04. The van der Waals surface area contributed by atoms with Crippen LogP contribution in [-0.2, 0) is 6.42 Å². The Morgan fingerprint density at radius 3 is 3.11 bits per heavy atom. The summed E-state index contributed by atoms with van der Waals surface area (Å²) in [5, 5.41) is 8.85. The third-order valence-corrected chi connectivity index (χ3v) is 3.41. The summed E-state index contributed by atoms with van der Waals surface area (Å²) in [5.41, 5.74) is 1.24. The fourth-order valence-electron chi connectivity index (χ4n) is 2.47. The van der Waals surface area contributed by atoms with Crippen LogP contribution < -0.4 is 4.74 Å². The molecule has 100 valence electrons. The van der Waals surface area contributed by atoms with E-state index in [4.69, 9.17) is 9.84 Å². The summed E-state index contributed by atoms with van der Waals surface area (Å²) in [5.74, 6) is 0.964. The van der Waals surface area contributed by atoms with Gasteiger partial charge in [0.25, 0.3) is 0 Å². The van der Waals surface area contributed by atoms with Crippen molar-refractivity contribution in [1.82, 2.24) is 4.90 Å². The van der Waals surface area contributed by atoms with Crippen molar-refractivity contribution in [1.29, 1.82) is 0 Å². The number of aliphatic hydroxyl groups excluding tert-OH is 1. The molecule has 0 saturated carbocycles. The van der Waals surface area contributed by atoms with E-state index in [2.05, 4.69) is 24.1 Å². The van der Waals surface area contributed by atoms with Crippen LogP contribution in [0.4, 0.5) is 0 Å². The zero-order valence-corrected chi connectivity index (χ0v) is 11.1. The lowest BCUT2D eigenvalue weighted by atomic mass is 10.1. The van der Waals surface area contributed by atoms with E-state index in [1.807, 2.05) is 12.1 Å². The normalized spacial score (nSPS) is 20.9. The number of piperidine rings is 1. The van der Waals surface area contributed by atoms with E-state index in [1.54, 1.807) is 0 Å². The number of likely N-dealkylation sites (tertiary alicyclic amines) is 1. The first kappa shape index (κ1) is 13.4. The Morgan fingerprint density at radius 1 is 1.44 bits per heavy atom. The lowest BCUT2D eigenvalue weighted by Crippen LogP contribution is -2.38. The highest BCUT2D eigenvalue weighted by molar-refractivity contribution is 5.28. The molecule has 1 fully saturated rings. The second kappa shape index (κ2) is 6.76. The summed E-state index contributed by atoms with van der Waals surface area (Å²) in [7, 11) is 2.15. The number of ether oxygens (including phenoxy) is 1. The molecule has 1 heterocycles. The minimum Gasteiger partial charge on any atom is -0.489 e. The number of benzene rings is 1. The van der Waals surface area contributed by atoms with Gasteiger partial charge in [-0.1, -0.05) is 12.1 Å². The number of aliphatic hydroxyl groups is 1. The molecule has 1 aromatic rings. The van der Waals surface area contributed by atoms with Gasteiger partial charge in [-0.15, -0.1) is 0 Å². The number of hydrogen-bond donors (Lipinski definition) is 1. The minimum atomic E-state index is 0.249. The molecular formula is C15H23NO2. The molecule has 3 nitrogen and oxygen atoms in total. The van der Waals surface area contributed by atoms with Crippen molar-refractivity contribution >= 4 is 0 Å². The molecule has 0 aliphatic carbocycles. The third-order valence-electron chi connectivity index (χ3n) is 3.41. The molecule has 1 aliphatic heterocycles. The topological polar surface area (TPSA) is 32.7 Å². The summed E-state index contributed by atoms with van der Waals surface area (Å²) in [6.45, 7) is 2.44. The zero-order chi connectivity index (χ0) is 12.8. The second-order valence-electron chi connectivity index (χ2n) is 5.12. The van der Waals surface area contributed by atoms with Gasteiger partial charge in [0.2, 0.25) is 0 Å². The minimum absolute atomic E-state index is 0.249. The Hall–Kier alpha value is -1.06. The van der Waals surface area contributed by atoms with Gasteiger partial charge < -0.3 is 14.7 Å². The summed E-state index contributed by atoms with van der Waals surface area (Å²) in [6, 6.07) is 8.26. The molecule has 0 radical (unpaired) electrons. The SMILES string of the molecule is CN1CCCC(Oc2cccc(CCCO)c2)C1. The van der Waals surface area contributed by atoms with Crippen LogP contribution in [0.25, 0.3) is 0 Å². The largest absolute Gasteiger partial charge is 0.489 e. The Morgan fingerprint density at radius 2 is 2.33 bits per heavy atom. The molecule has 1 aromatic carbocycles. The molecule has 0 bridgehead atoms. The van der Waals surface area contributed by atoms with Gasteiger partial charge in [-0.2, -0.15) is 0 Å². The monoisotopic (exact) mass is 249 g/mol. The molecule has 1 unspecified atom stereocenters. The molecule has 2 rings (SSSR count). The first-order valence-corrected chi connectivity index (χ1v) is 6.83. The fraction of sp³-hybridized carbons (Fsp3) is 0.600. The predicted molar refractivity (Wildman–Crippen MR) is 73.0 cm³/mol. The van der Waals surface area contributed by atoms with Crippen LogP contribution in [0, 0.1) is 0 Å². The highest BCUT2D eigenvalue weighted by Gasteiger charge is 2.18. The van der Waals surface area contributed by atoms with Crippen molar-refractivity contribution in [3.63, 3.8) is 0 Å². The van der Waals surface area contributed by atoms with Crippen LogP contribution in [0.3, 0.4) is 0 Å². The van der Waals surface area contributed by atoms with Crippen molar-refractivity contribution in [2.45, 2.75) is 31.8 Å². The predicted octanol–water partition coefficient (Wildman–Crippen LogP) is 2.08. The van der Waals surface area contributed by atoms with Crippen molar-refractivity contribution < 1.29 is 9.84 Å². The van der Waals surface area contributed by atoms with Crippen molar-refractivity contribution in [3.8, 4) is 5.75 Å². The average molecular weight is 249 g/mol. The number of hydrogen-bond acceptors (Lipinski definition) is 3. The highest BCUT2D eigenvalue weighted by atomic mass is 16.5. The number of nitrogens with zero attached hydrogens (tertiary/aromatic N) is 1. The van der Waals surface area contributed by atoms with Crippen LogP contribution in [0.2, 0.25) is 0 Å². The lowest BCUT2D eigenvalue weighted by Gasteiger charge is -2.30. The maximum atomic E-state index is 8.85. The molecule has 3 heteroatoms. The van der Waals surface area contributed by atoms with E-state index in [9.17, 15) is 0 Å². The van der Waals surface area contributed by atoms with Gasteiger partial charge in [0.1, 0.15) is 11.9 Å². The number of likely N-dealkylation sites (N-methyl/N-ethyl adjacent to an activating group) is 1. The van der Waals surface area contributed by atoms with E-state index in [1.165, 1.54) is 18.5 Å². The molecule has 1 N–H and O–H groups in total. The smallest absolute Gasteiger partial charge is 0.120 e. The molecular weight excluding hydrogens is 226 g/mol. The number of rotatable bonds is 5. The second-order valence-corrected chi connectivity index (χ2v) is 5.12. The van der Waals surface area contributed by atoms with E-state index in [-0.39, 0.29) is 6.61 Å². The fourth-order valence-corrected chi connectivity index (χ4v) is 2.47. The first-order valence-electron chi connectivity index (χ1n) is 6.83. The van der Waals surface area contributed by atoms with Crippen LogP contribution in [0.15, 0.2) is 24.3 Å². The van der Waals surface area contributed by atoms with Gasteiger partial charge in [-0.25, -0.2) is 0 Å². The average Bonchev–Trinajstić information content (AvgIpc) is 2.37. The number of aryl methyl sites for hydroxylation is 1. The van der Waals surface area contributed by atoms with Crippen LogP contribution in [-0.4, -0.2) is 42.9 Å². The maximum Gasteiger partial charge on any atom is 0.120 e. The van der Waals surface area contributed by atoms with Gasteiger partial charge in [0, 0.05) is 13.2 Å². The van der Waals surface area contributed by atoms with E-state index in [0.29, 0.717) is 6.10 Å². The van der Waals surface area contributed by atoms with Crippen LogP contribution >= 0.6 is 0 Å². The van der Waals surface area contributed by atoms with Gasteiger partial charge >= 0.3 is 0 Å². The van der Waals surface area contributed by atoms with Gasteiger partial charge in [0.15, 0.2) is 0 Å². The van der Waals surface area contributed by atoms with Gasteiger partial charge in [-0.3, -0.25) is 0 Å². The molecule has 1 aliphatic rings. The van der Waals surface area contributed by atoms with Crippen LogP contribution in [0.5, 0.6) is 5.75 Å². The maximum absolute atomic E-state index is 8.85. The first-order chi connectivity index (χ1) is 8.78. The Balaban J connectivity index is 1.91. The molecule has 0 spiro atoms. The zero-order valence-electron chi connectivity index (χ0n) is 11.1. The summed E-state index contributed by atoms with van der Waals surface area (Å²) in [6.07, 6.45) is 4.40. The highest BCUT2D eigenvalue weighted by Crippen LogP contribution is 2.19. The Labute approximate surface area is 109 Å². The summed E-state index contributed by atoms with van der Waals surface area (Å²) in [4.78, 5) is 2.32. The van der Waals surface area contributed by atoms with E-state index in [0.717, 1.165) is 31.6 Å². The molecule has 1 saturated heterocycles. The molecule has 18 heavy (non-hydrogen) atoms. The van der Waals surface area contributed by atoms with Crippen LogP contribution in [0.1, 0.15) is 24.8 Å². The van der Waals surface area contributed by atoms with Gasteiger partial charge in [-0.05, 0) is 57.0 Å². The molecule has 0 aromatic heterocycles. The molecule has 0 amide bonds. The summed E-state index contributed by atoms with van der Waals surface area (Å²) >= 11 is 0. The van der Waals surface area contributed by atoms with E-state index < -0.39 is 0 Å².